The molecule has 2 heterocycles. The van der Waals surface area contributed by atoms with Crippen LogP contribution in [0.15, 0.2) is 95.5 Å². The van der Waals surface area contributed by atoms with Gasteiger partial charge in [0.15, 0.2) is 5.17 Å². The Morgan fingerprint density at radius 2 is 1.61 bits per heavy atom. The summed E-state index contributed by atoms with van der Waals surface area (Å²) >= 11 is 3.04. The van der Waals surface area contributed by atoms with Crippen LogP contribution < -0.4 is 4.90 Å². The number of rotatable bonds is 4. The number of fused-ring (bicyclic) bond motifs is 4. The van der Waals surface area contributed by atoms with Gasteiger partial charge in [0.25, 0.3) is 0 Å². The van der Waals surface area contributed by atoms with Crippen molar-refractivity contribution in [1.82, 2.24) is 4.90 Å². The molecule has 0 bridgehead atoms. The highest BCUT2D eigenvalue weighted by Gasteiger charge is 2.47. The van der Waals surface area contributed by atoms with E-state index in [-0.39, 0.29) is 28.9 Å². The average Bonchev–Trinajstić information content (AvgIpc) is 3.30. The van der Waals surface area contributed by atoms with Crippen LogP contribution in [0.3, 0.4) is 0 Å². The maximum atomic E-state index is 13.5. The molecular weight excluding hydrogens is 486 g/mol. The monoisotopic (exact) mass is 511 g/mol. The van der Waals surface area contributed by atoms with Crippen LogP contribution in [0, 0.1) is 5.92 Å². The van der Waals surface area contributed by atoms with Gasteiger partial charge in [-0.15, -0.1) is 0 Å². The van der Waals surface area contributed by atoms with E-state index < -0.39 is 0 Å². The van der Waals surface area contributed by atoms with E-state index in [2.05, 4.69) is 24.3 Å². The molecule has 2 atom stereocenters. The predicted octanol–water partition coefficient (Wildman–Crippen LogP) is 5.96. The van der Waals surface area contributed by atoms with Crippen molar-refractivity contribution in [3.05, 3.63) is 102 Å². The number of aliphatic imine (C=N–C) groups is 1. The number of hydrogen-bond acceptors (Lipinski definition) is 5. The molecular formula is C29H25N3O2S2. The molecule has 36 heavy (non-hydrogen) atoms. The molecule has 0 spiro atoms. The first kappa shape index (κ1) is 23.1. The summed E-state index contributed by atoms with van der Waals surface area (Å²) in [7, 11) is 1.78. The molecule has 0 saturated carbocycles. The molecule has 0 radical (unpaired) electrons. The van der Waals surface area contributed by atoms with Crippen LogP contribution in [0.1, 0.15) is 17.5 Å². The number of carbonyl (C=O) groups excluding carboxylic acids is 2. The topological polar surface area (TPSA) is 53.0 Å². The minimum atomic E-state index is -0.214. The van der Waals surface area contributed by atoms with Crippen LogP contribution in [-0.4, -0.2) is 40.1 Å². The van der Waals surface area contributed by atoms with Gasteiger partial charge in [0.2, 0.25) is 11.8 Å². The van der Waals surface area contributed by atoms with Crippen molar-refractivity contribution in [3.8, 4) is 0 Å². The van der Waals surface area contributed by atoms with Crippen molar-refractivity contribution >= 4 is 56.8 Å². The second-order valence-electron chi connectivity index (χ2n) is 9.00. The minimum Gasteiger partial charge on any atom is -0.294 e. The number of anilines is 2. The highest BCUT2D eigenvalue weighted by molar-refractivity contribution is 8.14. The summed E-state index contributed by atoms with van der Waals surface area (Å²) in [5.74, 6) is -0.0232. The molecule has 3 aromatic carbocycles. The van der Waals surface area contributed by atoms with Gasteiger partial charge < -0.3 is 0 Å². The number of nitrogens with zero attached hydrogens (tertiary/aromatic N) is 3. The molecule has 0 saturated heterocycles. The number of hydrogen-bond donors (Lipinski definition) is 0. The van der Waals surface area contributed by atoms with Crippen molar-refractivity contribution in [2.45, 2.75) is 18.2 Å². The van der Waals surface area contributed by atoms with Crippen LogP contribution in [0.4, 0.5) is 11.4 Å². The Hall–Kier alpha value is -3.29. The highest BCUT2D eigenvalue weighted by Crippen LogP contribution is 2.54. The lowest BCUT2D eigenvalue weighted by Gasteiger charge is -2.31. The van der Waals surface area contributed by atoms with Gasteiger partial charge in [0, 0.05) is 23.3 Å². The van der Waals surface area contributed by atoms with Gasteiger partial charge in [-0.25, -0.2) is 4.99 Å². The lowest BCUT2D eigenvalue weighted by molar-refractivity contribution is -0.129. The second-order valence-corrected chi connectivity index (χ2v) is 11.1. The maximum absolute atomic E-state index is 13.5. The van der Waals surface area contributed by atoms with Gasteiger partial charge >= 0.3 is 0 Å². The van der Waals surface area contributed by atoms with Gasteiger partial charge in [-0.2, -0.15) is 0 Å². The predicted molar refractivity (Wildman–Crippen MR) is 149 cm³/mol. The Morgan fingerprint density at radius 1 is 0.972 bits per heavy atom. The number of thioether (sulfide) groups is 2. The van der Waals surface area contributed by atoms with Gasteiger partial charge in [0.05, 0.1) is 11.7 Å². The molecule has 0 fully saturated rings. The maximum Gasteiger partial charge on any atom is 0.242 e. The number of amidine groups is 1. The molecule has 0 aromatic heterocycles. The van der Waals surface area contributed by atoms with Gasteiger partial charge in [-0.3, -0.25) is 19.4 Å². The number of para-hydroxylation sites is 2. The molecule has 2 aliphatic heterocycles. The fraction of sp³-hybridized carbons (Fsp3) is 0.207. The Bertz CT molecular complexity index is 1350. The first-order valence-corrected chi connectivity index (χ1v) is 13.9. The summed E-state index contributed by atoms with van der Waals surface area (Å²) in [4.78, 5) is 36.5. The summed E-state index contributed by atoms with van der Waals surface area (Å²) in [5.41, 5.74) is 5.44. The normalized spacial score (nSPS) is 20.4. The Kier molecular flexibility index (Phi) is 6.19. The second kappa shape index (κ2) is 9.64. The van der Waals surface area contributed by atoms with Crippen molar-refractivity contribution in [2.75, 3.05) is 17.7 Å². The van der Waals surface area contributed by atoms with Crippen molar-refractivity contribution in [3.63, 3.8) is 0 Å². The van der Waals surface area contributed by atoms with Crippen LogP contribution in [0.25, 0.3) is 4.91 Å². The third-order valence-corrected chi connectivity index (χ3v) is 9.21. The fourth-order valence-electron chi connectivity index (χ4n) is 5.10. The Balaban J connectivity index is 1.23. The van der Waals surface area contributed by atoms with Crippen LogP contribution in [-0.2, 0) is 16.0 Å². The summed E-state index contributed by atoms with van der Waals surface area (Å²) in [6, 6.07) is 27.8. The Labute approximate surface area is 219 Å². The lowest BCUT2D eigenvalue weighted by atomic mass is 9.84. The molecule has 5 nitrogen and oxygen atoms in total. The number of amides is 2. The number of aryl methyl sites for hydroxylation is 1. The van der Waals surface area contributed by atoms with E-state index in [9.17, 15) is 9.59 Å². The summed E-state index contributed by atoms with van der Waals surface area (Å²) in [5, 5.41) is 0.443. The zero-order valence-electron chi connectivity index (χ0n) is 19.8. The van der Waals surface area contributed by atoms with E-state index in [4.69, 9.17) is 4.99 Å². The molecule has 3 aliphatic rings. The number of carbonyl (C=O) groups is 2. The lowest BCUT2D eigenvalue weighted by Crippen LogP contribution is -2.45. The Morgan fingerprint density at radius 3 is 2.31 bits per heavy atom. The van der Waals surface area contributed by atoms with Crippen LogP contribution in [0.2, 0.25) is 0 Å². The van der Waals surface area contributed by atoms with Gasteiger partial charge in [-0.05, 0) is 53.8 Å². The molecule has 1 aliphatic carbocycles. The third-order valence-electron chi connectivity index (χ3n) is 6.84. The molecule has 3 aromatic rings. The first-order chi connectivity index (χ1) is 17.6. The smallest absolute Gasteiger partial charge is 0.242 e. The van der Waals surface area contributed by atoms with E-state index in [1.807, 2.05) is 60.7 Å². The standard InChI is InChI=1S/C29H25N3O2S2/c1-31-28(34)25-23-17-16-19-10-8-9-15-22(19)26(23)36-27(25)30-29(31)35-18-24(33)32(20-11-4-2-5-12-20)21-13-6-3-7-14-21/h2-15,25,27H,16-18H2,1H3. The van der Waals surface area contributed by atoms with E-state index in [0.29, 0.717) is 5.17 Å². The quantitative estimate of drug-likeness (QED) is 0.434. The van der Waals surface area contributed by atoms with Crippen LogP contribution >= 0.6 is 23.5 Å². The highest BCUT2D eigenvalue weighted by atomic mass is 32.2. The molecule has 0 N–H and O–H groups in total. The third kappa shape index (κ3) is 4.06. The summed E-state index contributed by atoms with van der Waals surface area (Å²) in [6.07, 6.45) is 1.87. The minimum absolute atomic E-state index is 0.0616. The van der Waals surface area contributed by atoms with Crippen molar-refractivity contribution < 1.29 is 9.59 Å². The fourth-order valence-corrected chi connectivity index (χ4v) is 7.54. The molecule has 180 valence electrons. The molecule has 6 rings (SSSR count). The van der Waals surface area contributed by atoms with Crippen LogP contribution in [0.5, 0.6) is 0 Å². The van der Waals surface area contributed by atoms with Gasteiger partial charge in [0.1, 0.15) is 5.37 Å². The molecule has 7 heteroatoms. The van der Waals surface area contributed by atoms with E-state index in [1.54, 1.807) is 28.6 Å². The van der Waals surface area contributed by atoms with E-state index in [1.165, 1.54) is 33.4 Å². The van der Waals surface area contributed by atoms with Crippen molar-refractivity contribution in [2.24, 2.45) is 10.9 Å². The average molecular weight is 512 g/mol. The first-order valence-electron chi connectivity index (χ1n) is 12.0. The molecule has 2 unspecified atom stereocenters. The van der Waals surface area contributed by atoms with E-state index >= 15 is 0 Å². The SMILES string of the molecule is CN1C(=O)C2C3=C(SC2N=C1SCC(=O)N(c1ccccc1)c1ccccc1)c1ccccc1CC3. The number of benzene rings is 3. The summed E-state index contributed by atoms with van der Waals surface area (Å²) < 4.78 is 0. The zero-order valence-corrected chi connectivity index (χ0v) is 21.5. The largest absolute Gasteiger partial charge is 0.294 e. The van der Waals surface area contributed by atoms with E-state index in [0.717, 1.165) is 24.2 Å². The summed E-state index contributed by atoms with van der Waals surface area (Å²) in [6.45, 7) is 0. The van der Waals surface area contributed by atoms with Crippen molar-refractivity contribution in [1.29, 1.82) is 0 Å². The zero-order chi connectivity index (χ0) is 24.6. The molecule has 2 amide bonds. The van der Waals surface area contributed by atoms with Gasteiger partial charge in [-0.1, -0.05) is 84.2 Å².